The molecule has 1 aliphatic rings. The molecule has 1 fully saturated rings. The van der Waals surface area contributed by atoms with Crippen molar-refractivity contribution in [3.05, 3.63) is 34.9 Å². The highest BCUT2D eigenvalue weighted by Crippen LogP contribution is 2.25. The van der Waals surface area contributed by atoms with Gasteiger partial charge < -0.3 is 14.9 Å². The summed E-state index contributed by atoms with van der Waals surface area (Å²) in [7, 11) is 2.12. The Bertz CT molecular complexity index is 494. The van der Waals surface area contributed by atoms with Crippen LogP contribution in [0.5, 0.6) is 0 Å². The van der Waals surface area contributed by atoms with Crippen molar-refractivity contribution >= 4 is 29.3 Å². The van der Waals surface area contributed by atoms with E-state index in [0.717, 1.165) is 43.5 Å². The van der Waals surface area contributed by atoms with Crippen LogP contribution in [0.1, 0.15) is 5.56 Å². The van der Waals surface area contributed by atoms with E-state index in [1.165, 1.54) is 6.08 Å². The number of halogens is 1. The molecule has 0 aliphatic carbocycles. The Labute approximate surface area is 117 Å². The van der Waals surface area contributed by atoms with Gasteiger partial charge in [-0.1, -0.05) is 17.7 Å². The lowest BCUT2D eigenvalue weighted by atomic mass is 10.1. The molecule has 4 nitrogen and oxygen atoms in total. The maximum absolute atomic E-state index is 10.5. The molecule has 0 saturated carbocycles. The van der Waals surface area contributed by atoms with Gasteiger partial charge in [0.2, 0.25) is 0 Å². The Morgan fingerprint density at radius 1 is 1.32 bits per heavy atom. The molecular weight excluding hydrogens is 264 g/mol. The van der Waals surface area contributed by atoms with E-state index in [-0.39, 0.29) is 0 Å². The van der Waals surface area contributed by atoms with Crippen molar-refractivity contribution in [2.24, 2.45) is 0 Å². The molecule has 1 heterocycles. The molecule has 0 radical (unpaired) electrons. The van der Waals surface area contributed by atoms with Gasteiger partial charge in [-0.25, -0.2) is 4.79 Å². The van der Waals surface area contributed by atoms with Gasteiger partial charge in [0.15, 0.2) is 0 Å². The van der Waals surface area contributed by atoms with Crippen LogP contribution in [-0.4, -0.2) is 49.2 Å². The first kappa shape index (κ1) is 13.9. The SMILES string of the molecule is CN1CCN(c2ccc(/C=C/C(=O)O)c(Cl)c2)CC1. The summed E-state index contributed by atoms with van der Waals surface area (Å²) in [6.07, 6.45) is 2.61. The van der Waals surface area contributed by atoms with Gasteiger partial charge in [-0.2, -0.15) is 0 Å². The molecule has 0 spiro atoms. The molecule has 19 heavy (non-hydrogen) atoms. The summed E-state index contributed by atoms with van der Waals surface area (Å²) in [4.78, 5) is 15.1. The van der Waals surface area contributed by atoms with Crippen molar-refractivity contribution in [1.29, 1.82) is 0 Å². The number of carboxylic acid groups (broad SMARTS) is 1. The van der Waals surface area contributed by atoms with E-state index < -0.39 is 5.97 Å². The number of piperazine rings is 1. The number of anilines is 1. The van der Waals surface area contributed by atoms with Gasteiger partial charge in [-0.15, -0.1) is 0 Å². The summed E-state index contributed by atoms with van der Waals surface area (Å²) in [6.45, 7) is 4.05. The highest BCUT2D eigenvalue weighted by Gasteiger charge is 2.14. The van der Waals surface area contributed by atoms with Crippen LogP contribution in [0.2, 0.25) is 5.02 Å². The molecule has 0 bridgehead atoms. The minimum Gasteiger partial charge on any atom is -0.478 e. The normalized spacial score (nSPS) is 17.1. The molecule has 0 aromatic heterocycles. The average Bonchev–Trinajstić information content (AvgIpc) is 2.38. The maximum atomic E-state index is 10.5. The van der Waals surface area contributed by atoms with E-state index in [9.17, 15) is 4.79 Å². The molecule has 1 aliphatic heterocycles. The topological polar surface area (TPSA) is 43.8 Å². The van der Waals surface area contributed by atoms with E-state index in [0.29, 0.717) is 5.02 Å². The molecule has 102 valence electrons. The standard InChI is InChI=1S/C14H17ClN2O2/c1-16-6-8-17(9-7-16)12-4-2-11(13(15)10-12)3-5-14(18)19/h2-5,10H,6-9H2,1H3,(H,18,19)/b5-3+. The number of benzene rings is 1. The lowest BCUT2D eigenvalue weighted by Gasteiger charge is -2.34. The third-order valence-corrected chi connectivity index (χ3v) is 3.59. The first-order valence-corrected chi connectivity index (χ1v) is 6.58. The first-order valence-electron chi connectivity index (χ1n) is 6.20. The van der Waals surface area contributed by atoms with Gasteiger partial charge in [0.05, 0.1) is 0 Å². The number of rotatable bonds is 3. The Kier molecular flexibility index (Phi) is 4.45. The van der Waals surface area contributed by atoms with E-state index in [4.69, 9.17) is 16.7 Å². The number of aliphatic carboxylic acids is 1. The second-order valence-corrected chi connectivity index (χ2v) is 5.07. The van der Waals surface area contributed by atoms with Crippen LogP contribution in [0.3, 0.4) is 0 Å². The van der Waals surface area contributed by atoms with Gasteiger partial charge >= 0.3 is 5.97 Å². The molecule has 1 aromatic rings. The van der Waals surface area contributed by atoms with Crippen molar-refractivity contribution < 1.29 is 9.90 Å². The summed E-state index contributed by atoms with van der Waals surface area (Å²) in [5.74, 6) is -0.973. The zero-order chi connectivity index (χ0) is 13.8. The van der Waals surface area contributed by atoms with Crippen LogP contribution in [0.15, 0.2) is 24.3 Å². The van der Waals surface area contributed by atoms with Crippen LogP contribution < -0.4 is 4.90 Å². The maximum Gasteiger partial charge on any atom is 0.328 e. The smallest absolute Gasteiger partial charge is 0.328 e. The Hall–Kier alpha value is -1.52. The molecular formula is C14H17ClN2O2. The van der Waals surface area contributed by atoms with Crippen LogP contribution in [0.25, 0.3) is 6.08 Å². The summed E-state index contributed by atoms with van der Waals surface area (Å²) >= 11 is 6.18. The third-order valence-electron chi connectivity index (χ3n) is 3.26. The monoisotopic (exact) mass is 280 g/mol. The number of hydrogen-bond donors (Lipinski definition) is 1. The lowest BCUT2D eigenvalue weighted by molar-refractivity contribution is -0.131. The fourth-order valence-corrected chi connectivity index (χ4v) is 2.31. The van der Waals surface area contributed by atoms with Gasteiger partial charge in [0.25, 0.3) is 0 Å². The highest BCUT2D eigenvalue weighted by molar-refractivity contribution is 6.32. The van der Waals surface area contributed by atoms with Crippen LogP contribution in [-0.2, 0) is 4.79 Å². The van der Waals surface area contributed by atoms with Crippen LogP contribution in [0, 0.1) is 0 Å². The Balaban J connectivity index is 2.12. The van der Waals surface area contributed by atoms with Crippen LogP contribution in [0.4, 0.5) is 5.69 Å². The van der Waals surface area contributed by atoms with E-state index in [1.807, 2.05) is 18.2 Å². The Morgan fingerprint density at radius 2 is 2.00 bits per heavy atom. The molecule has 2 rings (SSSR count). The van der Waals surface area contributed by atoms with Crippen molar-refractivity contribution in [3.8, 4) is 0 Å². The zero-order valence-electron chi connectivity index (χ0n) is 10.8. The summed E-state index contributed by atoms with van der Waals surface area (Å²) in [5.41, 5.74) is 1.81. The van der Waals surface area contributed by atoms with E-state index in [2.05, 4.69) is 16.8 Å². The average molecular weight is 281 g/mol. The predicted molar refractivity (Wildman–Crippen MR) is 77.8 cm³/mol. The number of carboxylic acids is 1. The predicted octanol–water partition coefficient (Wildman–Crippen LogP) is 2.19. The highest BCUT2D eigenvalue weighted by atomic mass is 35.5. The van der Waals surface area contributed by atoms with Gasteiger partial charge in [0.1, 0.15) is 0 Å². The van der Waals surface area contributed by atoms with Crippen LogP contribution >= 0.6 is 11.6 Å². The largest absolute Gasteiger partial charge is 0.478 e. The number of hydrogen-bond acceptors (Lipinski definition) is 3. The van der Waals surface area contributed by atoms with Gasteiger partial charge in [0, 0.05) is 43.0 Å². The second kappa shape index (κ2) is 6.08. The van der Waals surface area contributed by atoms with Crippen molar-refractivity contribution in [2.45, 2.75) is 0 Å². The van der Waals surface area contributed by atoms with E-state index >= 15 is 0 Å². The number of nitrogens with zero attached hydrogens (tertiary/aromatic N) is 2. The molecule has 5 heteroatoms. The summed E-state index contributed by atoms with van der Waals surface area (Å²) < 4.78 is 0. The van der Waals surface area contributed by atoms with E-state index in [1.54, 1.807) is 0 Å². The molecule has 0 amide bonds. The van der Waals surface area contributed by atoms with Gasteiger partial charge in [-0.05, 0) is 30.8 Å². The number of likely N-dealkylation sites (N-methyl/N-ethyl adjacent to an activating group) is 1. The third kappa shape index (κ3) is 3.72. The first-order chi connectivity index (χ1) is 9.06. The van der Waals surface area contributed by atoms with Crippen molar-refractivity contribution in [3.63, 3.8) is 0 Å². The molecule has 0 atom stereocenters. The second-order valence-electron chi connectivity index (χ2n) is 4.67. The Morgan fingerprint density at radius 3 is 2.58 bits per heavy atom. The minimum atomic E-state index is -0.973. The molecule has 0 unspecified atom stereocenters. The minimum absolute atomic E-state index is 0.578. The lowest BCUT2D eigenvalue weighted by Crippen LogP contribution is -2.44. The molecule has 1 aromatic carbocycles. The fourth-order valence-electron chi connectivity index (χ4n) is 2.07. The van der Waals surface area contributed by atoms with Crippen molar-refractivity contribution in [2.75, 3.05) is 38.1 Å². The van der Waals surface area contributed by atoms with Gasteiger partial charge in [-0.3, -0.25) is 0 Å². The molecule has 1 saturated heterocycles. The zero-order valence-corrected chi connectivity index (χ0v) is 11.6. The quantitative estimate of drug-likeness (QED) is 0.862. The summed E-state index contributed by atoms with van der Waals surface area (Å²) in [6, 6.07) is 5.74. The molecule has 1 N–H and O–H groups in total. The fraction of sp³-hybridized carbons (Fsp3) is 0.357. The van der Waals surface area contributed by atoms with Crippen molar-refractivity contribution in [1.82, 2.24) is 4.90 Å². The summed E-state index contributed by atoms with van der Waals surface area (Å²) in [5, 5.41) is 9.18. The number of carbonyl (C=O) groups is 1.